The minimum absolute atomic E-state index is 0.0488. The molecule has 0 saturated heterocycles. The fraction of sp³-hybridized carbons (Fsp3) is 0.200. The van der Waals surface area contributed by atoms with Crippen molar-refractivity contribution >= 4 is 5.91 Å². The molecule has 8 heteroatoms. The van der Waals surface area contributed by atoms with Crippen molar-refractivity contribution in [2.24, 2.45) is 5.84 Å². The number of nitrogen functional groups attached to an aromatic ring is 1. The van der Waals surface area contributed by atoms with Crippen LogP contribution >= 0.6 is 0 Å². The largest absolute Gasteiger partial charge is 0.359 e. The van der Waals surface area contributed by atoms with Gasteiger partial charge in [-0.15, -0.1) is 0 Å². The molecule has 0 fully saturated rings. The summed E-state index contributed by atoms with van der Waals surface area (Å²) < 4.78 is 6.12. The van der Waals surface area contributed by atoms with Crippen molar-refractivity contribution in [1.82, 2.24) is 20.4 Å². The van der Waals surface area contributed by atoms with Crippen LogP contribution in [0.25, 0.3) is 0 Å². The van der Waals surface area contributed by atoms with Gasteiger partial charge < -0.3 is 4.52 Å². The van der Waals surface area contributed by atoms with Gasteiger partial charge >= 0.3 is 0 Å². The number of hydrogen-bond acceptors (Lipinski definition) is 6. The molecule has 2 aromatic rings. The van der Waals surface area contributed by atoms with Crippen LogP contribution in [0, 0.1) is 6.92 Å². The number of aryl methyl sites for hydroxylation is 1. The molecule has 0 atom stereocenters. The van der Waals surface area contributed by atoms with E-state index in [0.29, 0.717) is 5.76 Å². The first-order chi connectivity index (χ1) is 8.60. The molecule has 2 aromatic heterocycles. The second-order valence-corrected chi connectivity index (χ2v) is 3.68. The first kappa shape index (κ1) is 12.0. The second kappa shape index (κ2) is 4.80. The number of hydrazine groups is 1. The van der Waals surface area contributed by atoms with E-state index in [9.17, 15) is 9.59 Å². The van der Waals surface area contributed by atoms with Crippen LogP contribution in [0.3, 0.4) is 0 Å². The first-order valence-electron chi connectivity index (χ1n) is 5.10. The van der Waals surface area contributed by atoms with Crippen LogP contribution in [0.2, 0.25) is 0 Å². The minimum atomic E-state index is -0.561. The lowest BCUT2D eigenvalue weighted by Gasteiger charge is -2.00. The number of amides is 1. The van der Waals surface area contributed by atoms with Crippen LogP contribution in [0.5, 0.6) is 0 Å². The molecule has 0 bridgehead atoms. The molecule has 0 spiro atoms. The van der Waals surface area contributed by atoms with Crippen LogP contribution in [-0.2, 0) is 6.54 Å². The molecule has 2 heterocycles. The lowest BCUT2D eigenvalue weighted by atomic mass is 10.3. The number of nitrogens with one attached hydrogen (secondary N) is 1. The zero-order chi connectivity index (χ0) is 13.1. The maximum atomic E-state index is 11.6. The average molecular weight is 249 g/mol. The quantitative estimate of drug-likeness (QED) is 0.417. The van der Waals surface area contributed by atoms with E-state index >= 15 is 0 Å². The lowest BCUT2D eigenvalue weighted by Crippen LogP contribution is -2.30. The molecule has 0 radical (unpaired) electrons. The summed E-state index contributed by atoms with van der Waals surface area (Å²) in [5.74, 6) is 4.74. The number of nitrogens with zero attached hydrogens (tertiary/aromatic N) is 3. The predicted octanol–water partition coefficient (Wildman–Crippen LogP) is -0.808. The molecule has 18 heavy (non-hydrogen) atoms. The van der Waals surface area contributed by atoms with Gasteiger partial charge in [0.2, 0.25) is 0 Å². The summed E-state index contributed by atoms with van der Waals surface area (Å²) in [5.41, 5.74) is 2.50. The zero-order valence-corrected chi connectivity index (χ0v) is 9.58. The van der Waals surface area contributed by atoms with Crippen molar-refractivity contribution in [1.29, 1.82) is 0 Å². The molecular weight excluding hydrogens is 238 g/mol. The molecule has 0 aromatic carbocycles. The van der Waals surface area contributed by atoms with Gasteiger partial charge in [0.25, 0.3) is 11.5 Å². The van der Waals surface area contributed by atoms with Gasteiger partial charge in [-0.05, 0) is 12.5 Å². The number of carbonyl (C=O) groups is 1. The van der Waals surface area contributed by atoms with Gasteiger partial charge in [-0.3, -0.25) is 15.0 Å². The van der Waals surface area contributed by atoms with E-state index in [4.69, 9.17) is 10.4 Å². The van der Waals surface area contributed by atoms with E-state index in [1.807, 2.05) is 5.43 Å². The van der Waals surface area contributed by atoms with Crippen molar-refractivity contribution in [3.05, 3.63) is 45.7 Å². The van der Waals surface area contributed by atoms with Crippen molar-refractivity contribution in [3.63, 3.8) is 0 Å². The van der Waals surface area contributed by atoms with Crippen LogP contribution in [0.4, 0.5) is 0 Å². The predicted molar refractivity (Wildman–Crippen MR) is 60.5 cm³/mol. The molecular formula is C10H11N5O3. The molecule has 0 unspecified atom stereocenters. The third kappa shape index (κ3) is 2.43. The lowest BCUT2D eigenvalue weighted by molar-refractivity contribution is 0.0944. The van der Waals surface area contributed by atoms with E-state index in [0.717, 1.165) is 5.56 Å². The fourth-order valence-corrected chi connectivity index (χ4v) is 1.36. The summed E-state index contributed by atoms with van der Waals surface area (Å²) in [5, 5.41) is 7.46. The molecule has 2 rings (SSSR count). The highest BCUT2D eigenvalue weighted by molar-refractivity contribution is 5.91. The molecule has 0 aliphatic rings. The third-order valence-electron chi connectivity index (χ3n) is 2.23. The summed E-state index contributed by atoms with van der Waals surface area (Å²) in [7, 11) is 0. The Balaban J connectivity index is 2.21. The van der Waals surface area contributed by atoms with Crippen LogP contribution < -0.4 is 16.8 Å². The van der Waals surface area contributed by atoms with E-state index in [-0.39, 0.29) is 17.8 Å². The molecule has 0 aliphatic carbocycles. The van der Waals surface area contributed by atoms with Gasteiger partial charge in [-0.1, -0.05) is 5.16 Å². The van der Waals surface area contributed by atoms with E-state index in [1.54, 1.807) is 13.1 Å². The topological polar surface area (TPSA) is 116 Å². The van der Waals surface area contributed by atoms with Gasteiger partial charge in [0.15, 0.2) is 11.5 Å². The highest BCUT2D eigenvalue weighted by Gasteiger charge is 2.12. The van der Waals surface area contributed by atoms with Crippen LogP contribution in [0.15, 0.2) is 27.6 Å². The van der Waals surface area contributed by atoms with E-state index in [2.05, 4.69) is 10.3 Å². The molecule has 1 amide bonds. The van der Waals surface area contributed by atoms with Gasteiger partial charge in [0.1, 0.15) is 6.54 Å². The molecule has 0 aliphatic heterocycles. The summed E-state index contributed by atoms with van der Waals surface area (Å²) in [6.07, 6.45) is 1.56. The maximum absolute atomic E-state index is 11.6. The number of hydrogen-bond donors (Lipinski definition) is 2. The summed E-state index contributed by atoms with van der Waals surface area (Å²) in [6, 6.07) is 2.85. The zero-order valence-electron chi connectivity index (χ0n) is 9.58. The summed E-state index contributed by atoms with van der Waals surface area (Å²) in [4.78, 5) is 22.7. The first-order valence-corrected chi connectivity index (χ1v) is 5.10. The van der Waals surface area contributed by atoms with E-state index < -0.39 is 5.91 Å². The monoisotopic (exact) mass is 249 g/mol. The van der Waals surface area contributed by atoms with Crippen molar-refractivity contribution in [3.8, 4) is 0 Å². The highest BCUT2D eigenvalue weighted by Crippen LogP contribution is 2.04. The Bertz CT molecular complexity index is 630. The highest BCUT2D eigenvalue weighted by atomic mass is 16.5. The second-order valence-electron chi connectivity index (χ2n) is 3.68. The van der Waals surface area contributed by atoms with Crippen molar-refractivity contribution in [2.45, 2.75) is 13.5 Å². The summed E-state index contributed by atoms with van der Waals surface area (Å²) in [6.45, 7) is 1.88. The Morgan fingerprint density at radius 3 is 3.00 bits per heavy atom. The summed E-state index contributed by atoms with van der Waals surface area (Å²) >= 11 is 0. The standard InChI is InChI=1S/C10H11N5O3/c1-6-2-9(16)15(12-4-6)5-7-3-8(14-18-7)10(17)13-11/h2-4H,5,11H2,1H3,(H,13,17). The Labute approximate surface area is 101 Å². The normalized spacial score (nSPS) is 10.3. The maximum Gasteiger partial charge on any atom is 0.287 e. The number of carbonyl (C=O) groups excluding carboxylic acids is 1. The van der Waals surface area contributed by atoms with Gasteiger partial charge in [-0.25, -0.2) is 10.5 Å². The minimum Gasteiger partial charge on any atom is -0.359 e. The van der Waals surface area contributed by atoms with Crippen LogP contribution in [-0.4, -0.2) is 20.8 Å². The SMILES string of the molecule is Cc1cnn(Cc2cc(C(=O)NN)no2)c(=O)c1. The molecule has 8 nitrogen and oxygen atoms in total. The Hall–Kier alpha value is -2.48. The Morgan fingerprint density at radius 1 is 1.56 bits per heavy atom. The Morgan fingerprint density at radius 2 is 2.33 bits per heavy atom. The molecule has 0 saturated carbocycles. The van der Waals surface area contributed by atoms with Gasteiger partial charge in [0.05, 0.1) is 6.20 Å². The number of rotatable bonds is 3. The van der Waals surface area contributed by atoms with Gasteiger partial charge in [-0.2, -0.15) is 5.10 Å². The van der Waals surface area contributed by atoms with Crippen LogP contribution in [0.1, 0.15) is 21.8 Å². The molecule has 94 valence electrons. The number of aromatic nitrogens is 3. The van der Waals surface area contributed by atoms with Crippen molar-refractivity contribution in [2.75, 3.05) is 0 Å². The smallest absolute Gasteiger partial charge is 0.287 e. The molecule has 3 N–H and O–H groups in total. The van der Waals surface area contributed by atoms with Gasteiger partial charge in [0, 0.05) is 12.1 Å². The Kier molecular flexibility index (Phi) is 3.20. The number of nitrogens with two attached hydrogens (primary N) is 1. The van der Waals surface area contributed by atoms with Crippen molar-refractivity contribution < 1.29 is 9.32 Å². The van der Waals surface area contributed by atoms with E-state index in [1.165, 1.54) is 16.8 Å². The fourth-order valence-electron chi connectivity index (χ4n) is 1.36. The third-order valence-corrected chi connectivity index (χ3v) is 2.23. The average Bonchev–Trinajstić information content (AvgIpc) is 2.80.